The number of anilines is 1. The predicted molar refractivity (Wildman–Crippen MR) is 189 cm³/mol. The summed E-state index contributed by atoms with van der Waals surface area (Å²) >= 11 is 0. The number of aliphatic hydroxyl groups is 1. The summed E-state index contributed by atoms with van der Waals surface area (Å²) in [6, 6.07) is 11.3. The van der Waals surface area contributed by atoms with E-state index in [0.29, 0.717) is 30.0 Å². The first kappa shape index (κ1) is 36.6. The van der Waals surface area contributed by atoms with Gasteiger partial charge in [0.2, 0.25) is 17.7 Å². The number of amides is 3. The van der Waals surface area contributed by atoms with Gasteiger partial charge in [-0.05, 0) is 72.3 Å². The summed E-state index contributed by atoms with van der Waals surface area (Å²) in [5, 5.41) is 21.8. The Morgan fingerprint density at radius 3 is 2.41 bits per heavy atom. The van der Waals surface area contributed by atoms with Crippen LogP contribution in [0.2, 0.25) is 0 Å². The predicted octanol–water partition coefficient (Wildman–Crippen LogP) is 3.87. The van der Waals surface area contributed by atoms with E-state index in [2.05, 4.69) is 42.8 Å². The molecule has 4 N–H and O–H groups in total. The molecule has 0 unspecified atom stereocenters. The molecule has 268 valence electrons. The highest BCUT2D eigenvalue weighted by molar-refractivity contribution is 5.83. The monoisotopic (exact) mass is 677 g/mol. The second-order valence-corrected chi connectivity index (χ2v) is 15.2. The molecule has 2 bridgehead atoms. The van der Waals surface area contributed by atoms with Gasteiger partial charge in [-0.3, -0.25) is 19.2 Å². The highest BCUT2D eigenvalue weighted by Gasteiger charge is 2.57. The largest absolute Gasteiger partial charge is 0.496 e. The third kappa shape index (κ3) is 7.59. The van der Waals surface area contributed by atoms with Crippen molar-refractivity contribution in [3.8, 4) is 16.9 Å². The first-order valence-corrected chi connectivity index (χ1v) is 17.5. The van der Waals surface area contributed by atoms with Crippen molar-refractivity contribution in [1.29, 1.82) is 0 Å². The van der Waals surface area contributed by atoms with Gasteiger partial charge in [0.15, 0.2) is 0 Å². The van der Waals surface area contributed by atoms with E-state index in [1.165, 1.54) is 20.3 Å². The molecule has 4 aliphatic rings. The van der Waals surface area contributed by atoms with Crippen LogP contribution in [0.1, 0.15) is 65.5 Å². The van der Waals surface area contributed by atoms with E-state index < -0.39 is 24.2 Å². The molecule has 11 nitrogen and oxygen atoms in total. The molecule has 3 aliphatic carbocycles. The Labute approximate surface area is 291 Å². The molecule has 1 aliphatic heterocycles. The fraction of sp³-hybridized carbons (Fsp3) is 0.605. The second-order valence-electron chi connectivity index (χ2n) is 15.2. The van der Waals surface area contributed by atoms with E-state index in [1.54, 1.807) is 19.1 Å². The Balaban J connectivity index is 1.47. The Kier molecular flexibility index (Phi) is 11.0. The van der Waals surface area contributed by atoms with Gasteiger partial charge in [-0.15, -0.1) is 0 Å². The van der Waals surface area contributed by atoms with E-state index in [-0.39, 0.29) is 42.3 Å². The fourth-order valence-corrected chi connectivity index (χ4v) is 8.51. The number of fused-ring (bicyclic) bond motifs is 2. The van der Waals surface area contributed by atoms with Gasteiger partial charge in [0.25, 0.3) is 0 Å². The topological polar surface area (TPSA) is 132 Å². The minimum atomic E-state index is -0.875. The average molecular weight is 678 g/mol. The molecular weight excluding hydrogens is 622 g/mol. The van der Waals surface area contributed by atoms with Crippen LogP contribution in [0.4, 0.5) is 5.69 Å². The Morgan fingerprint density at radius 1 is 1.10 bits per heavy atom. The van der Waals surface area contributed by atoms with Crippen molar-refractivity contribution < 1.29 is 29.1 Å². The number of carbonyl (C=O) groups excluding carboxylic acids is 3. The lowest BCUT2D eigenvalue weighted by molar-refractivity contribution is -0.177. The summed E-state index contributed by atoms with van der Waals surface area (Å²) in [7, 11) is 5.57. The lowest BCUT2D eigenvalue weighted by Gasteiger charge is -2.62. The summed E-state index contributed by atoms with van der Waals surface area (Å²) in [4.78, 5) is 46.4. The number of hydrogen-bond donors (Lipinski definition) is 4. The number of ether oxygens (including phenoxy) is 1. The fourth-order valence-electron chi connectivity index (χ4n) is 8.51. The third-order valence-corrected chi connectivity index (χ3v) is 11.4. The zero-order chi connectivity index (χ0) is 35.8. The Hall–Kier alpha value is -3.67. The van der Waals surface area contributed by atoms with Crippen molar-refractivity contribution in [2.24, 2.45) is 29.1 Å². The molecule has 2 aromatic rings. The van der Waals surface area contributed by atoms with Crippen LogP contribution in [0.25, 0.3) is 11.1 Å². The van der Waals surface area contributed by atoms with Crippen LogP contribution in [0.3, 0.4) is 0 Å². The quantitative estimate of drug-likeness (QED) is 0.266. The number of rotatable bonds is 12. The molecule has 6 rings (SSSR count). The minimum Gasteiger partial charge on any atom is -0.496 e. The van der Waals surface area contributed by atoms with Crippen molar-refractivity contribution in [3.05, 3.63) is 47.5 Å². The zero-order valence-electron chi connectivity index (χ0n) is 30.5. The van der Waals surface area contributed by atoms with Gasteiger partial charge >= 0.3 is 0 Å². The molecule has 2 aromatic carbocycles. The molecule has 0 spiro atoms. The molecule has 1 heterocycles. The minimum absolute atomic E-state index is 0.0451. The number of nitrogens with one attached hydrogen (secondary N) is 3. The summed E-state index contributed by atoms with van der Waals surface area (Å²) < 4.78 is 6.05. The highest BCUT2D eigenvalue weighted by atomic mass is 16.7. The molecule has 1 saturated heterocycles. The molecule has 49 heavy (non-hydrogen) atoms. The van der Waals surface area contributed by atoms with Gasteiger partial charge in [0, 0.05) is 69.8 Å². The van der Waals surface area contributed by atoms with Gasteiger partial charge in [-0.2, -0.15) is 5.06 Å². The maximum absolute atomic E-state index is 14.3. The van der Waals surface area contributed by atoms with Crippen LogP contribution < -0.4 is 25.6 Å². The molecule has 0 aromatic heterocycles. The molecule has 0 radical (unpaired) electrons. The smallest absolute Gasteiger partial charge is 0.240 e. The van der Waals surface area contributed by atoms with Crippen molar-refractivity contribution in [1.82, 2.24) is 21.0 Å². The van der Waals surface area contributed by atoms with E-state index >= 15 is 0 Å². The standard InChI is InChI=1S/C38H55N5O6/c1-21-31-16-28(38(31,5)6)17-32(21)41-37(47)35-34(22(2)44)33(19-40-24(4)46)49-43(35)20-26-11-10-12-30(36(26)48-9)27-13-25(18-39-23(3)45)14-29(15-27)42(7)8/h10-15,21-22,28,31-35,44H,16-20H2,1-9H3,(H,39,45)(H,40,46)(H,41,47)/t21-,22-,28+,31-,32-,33-,34-,35-/m0/s1. The number of para-hydroxylation sites is 1. The third-order valence-electron chi connectivity index (χ3n) is 11.4. The lowest BCUT2D eigenvalue weighted by Crippen LogP contribution is -2.62. The van der Waals surface area contributed by atoms with Gasteiger partial charge in [0.1, 0.15) is 17.9 Å². The first-order chi connectivity index (χ1) is 23.1. The van der Waals surface area contributed by atoms with Crippen LogP contribution in [0, 0.1) is 29.1 Å². The molecule has 3 saturated carbocycles. The number of aliphatic hydroxyl groups excluding tert-OH is 1. The molecule has 8 atom stereocenters. The summed E-state index contributed by atoms with van der Waals surface area (Å²) in [5.74, 6) is 1.03. The van der Waals surface area contributed by atoms with E-state index in [9.17, 15) is 19.5 Å². The second kappa shape index (κ2) is 14.7. The first-order valence-electron chi connectivity index (χ1n) is 17.5. The highest BCUT2D eigenvalue weighted by Crippen LogP contribution is 2.61. The number of nitrogens with zero attached hydrogens (tertiary/aromatic N) is 2. The number of carbonyl (C=O) groups is 3. The van der Waals surface area contributed by atoms with Crippen LogP contribution in [0.5, 0.6) is 5.75 Å². The van der Waals surface area contributed by atoms with Crippen molar-refractivity contribution >= 4 is 23.4 Å². The molecular formula is C38H55N5O6. The number of hydroxylamine groups is 2. The molecule has 11 heteroatoms. The van der Waals surface area contributed by atoms with Gasteiger partial charge in [-0.25, -0.2) is 0 Å². The SMILES string of the molecule is COc1c(CN2O[C@@H](CNC(C)=O)[C@H]([C@H](C)O)[C@H]2C(=O)N[C@H]2C[C@H]3C[C@@H]([C@@H]2C)C3(C)C)cccc1-c1cc(CNC(C)=O)cc(N(C)C)c1. The maximum Gasteiger partial charge on any atom is 0.240 e. The van der Waals surface area contributed by atoms with Crippen LogP contribution >= 0.6 is 0 Å². The van der Waals surface area contributed by atoms with Crippen molar-refractivity contribution in [2.75, 3.05) is 32.6 Å². The number of methoxy groups -OCH3 is 1. The molecule has 4 fully saturated rings. The number of hydrogen-bond acceptors (Lipinski definition) is 8. The Morgan fingerprint density at radius 2 is 1.82 bits per heavy atom. The van der Waals surface area contributed by atoms with E-state index in [1.807, 2.05) is 49.3 Å². The molecule has 3 amide bonds. The Bertz CT molecular complexity index is 1540. The summed E-state index contributed by atoms with van der Waals surface area (Å²) in [6.45, 7) is 12.3. The average Bonchev–Trinajstić information content (AvgIpc) is 3.41. The van der Waals surface area contributed by atoms with Gasteiger partial charge in [-0.1, -0.05) is 39.0 Å². The summed E-state index contributed by atoms with van der Waals surface area (Å²) in [6.07, 6.45) is 0.652. The zero-order valence-corrected chi connectivity index (χ0v) is 30.5. The maximum atomic E-state index is 14.3. The van der Waals surface area contributed by atoms with Crippen molar-refractivity contribution in [3.63, 3.8) is 0 Å². The van der Waals surface area contributed by atoms with Crippen molar-refractivity contribution in [2.45, 2.75) is 91.8 Å². The van der Waals surface area contributed by atoms with Gasteiger partial charge in [0.05, 0.1) is 19.8 Å². The van der Waals surface area contributed by atoms with Crippen LogP contribution in [-0.2, 0) is 32.3 Å². The van der Waals surface area contributed by atoms with Gasteiger partial charge < -0.3 is 30.7 Å². The lowest BCUT2D eigenvalue weighted by atomic mass is 9.45. The number of benzene rings is 2. The van der Waals surface area contributed by atoms with E-state index in [4.69, 9.17) is 9.57 Å². The van der Waals surface area contributed by atoms with Crippen LogP contribution in [0.15, 0.2) is 36.4 Å². The summed E-state index contributed by atoms with van der Waals surface area (Å²) in [5.41, 5.74) is 4.78. The van der Waals surface area contributed by atoms with Crippen LogP contribution in [-0.4, -0.2) is 79.9 Å². The van der Waals surface area contributed by atoms with E-state index in [0.717, 1.165) is 34.4 Å². The normalized spacial score (nSPS) is 27.8.